The van der Waals surface area contributed by atoms with E-state index < -0.39 is 0 Å². The van der Waals surface area contributed by atoms with Gasteiger partial charge in [-0.3, -0.25) is 4.79 Å². The summed E-state index contributed by atoms with van der Waals surface area (Å²) in [6.07, 6.45) is 3.50. The molecule has 0 bridgehead atoms. The van der Waals surface area contributed by atoms with Crippen molar-refractivity contribution >= 4 is 11.7 Å². The first kappa shape index (κ1) is 11.7. The van der Waals surface area contributed by atoms with E-state index in [2.05, 4.69) is 10.3 Å². The Bertz CT molecular complexity index is 606. The Balaban J connectivity index is 1.83. The van der Waals surface area contributed by atoms with Crippen LogP contribution in [-0.2, 0) is 5.54 Å². The average molecular weight is 253 g/mol. The Hall–Kier alpha value is -2.36. The average Bonchev–Trinajstić information content (AvgIpc) is 3.21. The van der Waals surface area contributed by atoms with Gasteiger partial charge in [0.15, 0.2) is 0 Å². The summed E-state index contributed by atoms with van der Waals surface area (Å²) in [4.78, 5) is 16.2. The molecule has 3 N–H and O–H groups in total. The largest absolute Gasteiger partial charge is 0.383 e. The SMILES string of the molecule is Nc1ncccc1C(=O)NC1(c2ccccc2)CC1. The molecule has 0 spiro atoms. The summed E-state index contributed by atoms with van der Waals surface area (Å²) < 4.78 is 0. The van der Waals surface area contributed by atoms with Gasteiger partial charge in [-0.1, -0.05) is 30.3 Å². The number of nitrogens with one attached hydrogen (secondary N) is 1. The van der Waals surface area contributed by atoms with Gasteiger partial charge < -0.3 is 11.1 Å². The van der Waals surface area contributed by atoms with Crippen LogP contribution in [0.1, 0.15) is 28.8 Å². The molecule has 1 aromatic carbocycles. The number of nitrogens with zero attached hydrogens (tertiary/aromatic N) is 1. The van der Waals surface area contributed by atoms with Crippen molar-refractivity contribution < 1.29 is 4.79 Å². The van der Waals surface area contributed by atoms with Gasteiger partial charge in [-0.25, -0.2) is 4.98 Å². The highest BCUT2D eigenvalue weighted by molar-refractivity contribution is 5.98. The van der Waals surface area contributed by atoms with Crippen LogP contribution in [0.2, 0.25) is 0 Å². The molecule has 4 nitrogen and oxygen atoms in total. The Morgan fingerprint density at radius 3 is 2.53 bits per heavy atom. The van der Waals surface area contributed by atoms with Crippen molar-refractivity contribution in [3.05, 3.63) is 59.8 Å². The molecule has 96 valence electrons. The zero-order valence-corrected chi connectivity index (χ0v) is 10.5. The minimum absolute atomic E-state index is 0.160. The molecule has 1 aromatic heterocycles. The molecule has 1 amide bonds. The highest BCUT2D eigenvalue weighted by Gasteiger charge is 2.45. The molecule has 1 aliphatic carbocycles. The number of carbonyl (C=O) groups excluding carboxylic acids is 1. The van der Waals surface area contributed by atoms with Gasteiger partial charge in [0, 0.05) is 6.20 Å². The van der Waals surface area contributed by atoms with E-state index in [4.69, 9.17) is 5.73 Å². The highest BCUT2D eigenvalue weighted by Crippen LogP contribution is 2.45. The number of aromatic nitrogens is 1. The lowest BCUT2D eigenvalue weighted by Crippen LogP contribution is -2.35. The van der Waals surface area contributed by atoms with Gasteiger partial charge in [-0.2, -0.15) is 0 Å². The molecule has 2 aromatic rings. The fraction of sp³-hybridized carbons (Fsp3) is 0.200. The quantitative estimate of drug-likeness (QED) is 0.880. The standard InChI is InChI=1S/C15H15N3O/c16-13-12(7-4-10-17-13)14(19)18-15(8-9-15)11-5-2-1-3-6-11/h1-7,10H,8-9H2,(H2,16,17)(H,18,19). The van der Waals surface area contributed by atoms with Gasteiger partial charge in [0.2, 0.25) is 0 Å². The molecule has 4 heteroatoms. The van der Waals surface area contributed by atoms with Crippen LogP contribution >= 0.6 is 0 Å². The third kappa shape index (κ3) is 2.17. The van der Waals surface area contributed by atoms with Gasteiger partial charge in [0.25, 0.3) is 5.91 Å². The zero-order valence-electron chi connectivity index (χ0n) is 10.5. The number of anilines is 1. The summed E-state index contributed by atoms with van der Waals surface area (Å²) in [5.41, 5.74) is 7.09. The van der Waals surface area contributed by atoms with Gasteiger partial charge in [0.05, 0.1) is 11.1 Å². The van der Waals surface area contributed by atoms with Crippen molar-refractivity contribution in [2.45, 2.75) is 18.4 Å². The molecule has 0 atom stereocenters. The van der Waals surface area contributed by atoms with E-state index in [1.807, 2.05) is 30.3 Å². The van der Waals surface area contributed by atoms with Crippen LogP contribution in [-0.4, -0.2) is 10.9 Å². The van der Waals surface area contributed by atoms with E-state index in [0.717, 1.165) is 18.4 Å². The number of amides is 1. The van der Waals surface area contributed by atoms with Crippen LogP contribution < -0.4 is 11.1 Å². The van der Waals surface area contributed by atoms with E-state index in [9.17, 15) is 4.79 Å². The first-order valence-corrected chi connectivity index (χ1v) is 6.30. The van der Waals surface area contributed by atoms with E-state index in [1.54, 1.807) is 18.3 Å². The van der Waals surface area contributed by atoms with Gasteiger partial charge in [-0.05, 0) is 30.5 Å². The number of rotatable bonds is 3. The predicted molar refractivity (Wildman–Crippen MR) is 73.5 cm³/mol. The second kappa shape index (κ2) is 4.39. The van der Waals surface area contributed by atoms with Gasteiger partial charge in [0.1, 0.15) is 5.82 Å². The predicted octanol–water partition coefficient (Wildman–Crippen LogP) is 2.08. The van der Waals surface area contributed by atoms with Crippen LogP contribution in [0.5, 0.6) is 0 Å². The van der Waals surface area contributed by atoms with Crippen LogP contribution in [0.3, 0.4) is 0 Å². The highest BCUT2D eigenvalue weighted by atomic mass is 16.1. The number of hydrogen-bond donors (Lipinski definition) is 2. The van der Waals surface area contributed by atoms with E-state index >= 15 is 0 Å². The van der Waals surface area contributed by atoms with Crippen LogP contribution in [0.25, 0.3) is 0 Å². The second-order valence-corrected chi connectivity index (χ2v) is 4.84. The van der Waals surface area contributed by atoms with Crippen LogP contribution in [0.15, 0.2) is 48.7 Å². The number of carbonyl (C=O) groups is 1. The number of nitrogen functional groups attached to an aromatic ring is 1. The summed E-state index contributed by atoms with van der Waals surface area (Å²) in [6, 6.07) is 13.4. The molecule has 0 radical (unpaired) electrons. The second-order valence-electron chi connectivity index (χ2n) is 4.84. The lowest BCUT2D eigenvalue weighted by molar-refractivity contribution is 0.0931. The summed E-state index contributed by atoms with van der Waals surface area (Å²) in [7, 11) is 0. The fourth-order valence-electron chi connectivity index (χ4n) is 2.26. The Morgan fingerprint density at radius 1 is 1.16 bits per heavy atom. The maximum atomic E-state index is 12.3. The normalized spacial score (nSPS) is 15.8. The summed E-state index contributed by atoms with van der Waals surface area (Å²) in [5, 5.41) is 3.08. The van der Waals surface area contributed by atoms with Crippen molar-refractivity contribution in [2.75, 3.05) is 5.73 Å². The minimum Gasteiger partial charge on any atom is -0.383 e. The zero-order chi connectivity index (χ0) is 13.3. The molecule has 0 aliphatic heterocycles. The van der Waals surface area contributed by atoms with E-state index in [1.165, 1.54) is 0 Å². The Morgan fingerprint density at radius 2 is 1.89 bits per heavy atom. The smallest absolute Gasteiger partial charge is 0.255 e. The van der Waals surface area contributed by atoms with Crippen molar-refractivity contribution in [3.8, 4) is 0 Å². The molecule has 0 unspecified atom stereocenters. The molecular formula is C15H15N3O. The minimum atomic E-state index is -0.222. The van der Waals surface area contributed by atoms with Crippen molar-refractivity contribution in [1.29, 1.82) is 0 Å². The summed E-state index contributed by atoms with van der Waals surface area (Å²) >= 11 is 0. The summed E-state index contributed by atoms with van der Waals surface area (Å²) in [6.45, 7) is 0. The molecular weight excluding hydrogens is 238 g/mol. The van der Waals surface area contributed by atoms with Crippen molar-refractivity contribution in [2.24, 2.45) is 0 Å². The number of pyridine rings is 1. The van der Waals surface area contributed by atoms with E-state index in [-0.39, 0.29) is 17.3 Å². The molecule has 1 fully saturated rings. The van der Waals surface area contributed by atoms with Crippen LogP contribution in [0.4, 0.5) is 5.82 Å². The number of benzene rings is 1. The number of hydrogen-bond acceptors (Lipinski definition) is 3. The van der Waals surface area contributed by atoms with Crippen LogP contribution in [0, 0.1) is 0 Å². The molecule has 0 saturated heterocycles. The monoisotopic (exact) mass is 253 g/mol. The fourth-order valence-corrected chi connectivity index (χ4v) is 2.26. The first-order chi connectivity index (χ1) is 9.21. The Kier molecular flexibility index (Phi) is 2.71. The molecule has 1 saturated carbocycles. The third-order valence-electron chi connectivity index (χ3n) is 3.51. The molecule has 1 heterocycles. The maximum Gasteiger partial charge on any atom is 0.255 e. The van der Waals surface area contributed by atoms with Gasteiger partial charge >= 0.3 is 0 Å². The lowest BCUT2D eigenvalue weighted by atomic mass is 10.0. The van der Waals surface area contributed by atoms with E-state index in [0.29, 0.717) is 5.56 Å². The Labute approximate surface area is 111 Å². The van der Waals surface area contributed by atoms with Crippen molar-refractivity contribution in [3.63, 3.8) is 0 Å². The number of nitrogens with two attached hydrogens (primary N) is 1. The molecule has 3 rings (SSSR count). The maximum absolute atomic E-state index is 12.3. The van der Waals surface area contributed by atoms with Gasteiger partial charge in [-0.15, -0.1) is 0 Å². The molecule has 1 aliphatic rings. The third-order valence-corrected chi connectivity index (χ3v) is 3.51. The lowest BCUT2D eigenvalue weighted by Gasteiger charge is -2.18. The van der Waals surface area contributed by atoms with Crippen molar-refractivity contribution in [1.82, 2.24) is 10.3 Å². The first-order valence-electron chi connectivity index (χ1n) is 6.30. The molecule has 19 heavy (non-hydrogen) atoms. The summed E-state index contributed by atoms with van der Waals surface area (Å²) in [5.74, 6) is 0.107. The topological polar surface area (TPSA) is 68.0 Å².